The van der Waals surface area contributed by atoms with Gasteiger partial charge in [0.2, 0.25) is 5.91 Å². The van der Waals surface area contributed by atoms with E-state index in [4.69, 9.17) is 0 Å². The van der Waals surface area contributed by atoms with E-state index in [1.54, 1.807) is 18.3 Å². The molecular weight excluding hydrogens is 344 g/mol. The van der Waals surface area contributed by atoms with E-state index in [9.17, 15) is 14.7 Å². The SMILES string of the molecule is Cc1ccc(C(=O)O)c(N2C[C@H]3CC[C@@H](C2)N(Cc2ccccn2)C3=O)n1. The number of carboxylic acids is 1. The molecule has 5 heterocycles. The number of hydrogen-bond acceptors (Lipinski definition) is 5. The summed E-state index contributed by atoms with van der Waals surface area (Å²) < 4.78 is 0. The van der Waals surface area contributed by atoms with Crippen molar-refractivity contribution in [3.8, 4) is 0 Å². The molecule has 0 saturated carbocycles. The predicted octanol–water partition coefficient (Wildman–Crippen LogP) is 2.11. The van der Waals surface area contributed by atoms with E-state index in [2.05, 4.69) is 9.97 Å². The summed E-state index contributed by atoms with van der Waals surface area (Å²) in [4.78, 5) is 37.4. The monoisotopic (exact) mass is 366 g/mol. The Morgan fingerprint density at radius 1 is 1.22 bits per heavy atom. The predicted molar refractivity (Wildman–Crippen MR) is 99.4 cm³/mol. The molecule has 0 radical (unpaired) electrons. The quantitative estimate of drug-likeness (QED) is 0.892. The summed E-state index contributed by atoms with van der Waals surface area (Å²) in [5, 5.41) is 9.55. The number of aromatic carboxylic acids is 1. The summed E-state index contributed by atoms with van der Waals surface area (Å²) in [5.41, 5.74) is 1.82. The van der Waals surface area contributed by atoms with Crippen LogP contribution in [0, 0.1) is 12.8 Å². The first-order valence-electron chi connectivity index (χ1n) is 9.19. The van der Waals surface area contributed by atoms with Crippen molar-refractivity contribution in [2.24, 2.45) is 5.92 Å². The topological polar surface area (TPSA) is 86.6 Å². The maximum Gasteiger partial charge on any atom is 0.339 e. The highest BCUT2D eigenvalue weighted by Crippen LogP contribution is 2.33. The molecule has 3 aliphatic heterocycles. The van der Waals surface area contributed by atoms with Gasteiger partial charge >= 0.3 is 5.97 Å². The van der Waals surface area contributed by atoms with Gasteiger partial charge in [-0.2, -0.15) is 0 Å². The average molecular weight is 366 g/mol. The molecular formula is C20H22N4O3. The zero-order valence-corrected chi connectivity index (χ0v) is 15.2. The van der Waals surface area contributed by atoms with Crippen LogP contribution in [-0.2, 0) is 11.3 Å². The largest absolute Gasteiger partial charge is 0.478 e. The van der Waals surface area contributed by atoms with Gasteiger partial charge in [-0.1, -0.05) is 6.07 Å². The van der Waals surface area contributed by atoms with Gasteiger partial charge in [-0.25, -0.2) is 9.78 Å². The first-order chi connectivity index (χ1) is 13.0. The lowest BCUT2D eigenvalue weighted by atomic mass is 9.94. The van der Waals surface area contributed by atoms with Crippen LogP contribution in [-0.4, -0.2) is 51.0 Å². The Morgan fingerprint density at radius 2 is 2.07 bits per heavy atom. The number of anilines is 1. The number of carbonyl (C=O) groups excluding carboxylic acids is 1. The second kappa shape index (κ2) is 6.98. The van der Waals surface area contributed by atoms with E-state index in [-0.39, 0.29) is 23.4 Å². The van der Waals surface area contributed by atoms with Crippen molar-refractivity contribution < 1.29 is 14.7 Å². The van der Waals surface area contributed by atoms with E-state index in [1.165, 1.54) is 0 Å². The lowest BCUT2D eigenvalue weighted by Crippen LogP contribution is -2.47. The summed E-state index contributed by atoms with van der Waals surface area (Å²) in [5.74, 6) is -0.544. The summed E-state index contributed by atoms with van der Waals surface area (Å²) >= 11 is 0. The summed E-state index contributed by atoms with van der Waals surface area (Å²) in [6.07, 6.45) is 3.47. The van der Waals surface area contributed by atoms with E-state index in [1.807, 2.05) is 34.9 Å². The van der Waals surface area contributed by atoms with Gasteiger partial charge in [-0.3, -0.25) is 9.78 Å². The van der Waals surface area contributed by atoms with Crippen LogP contribution >= 0.6 is 0 Å². The number of carboxylic acid groups (broad SMARTS) is 1. The van der Waals surface area contributed by atoms with E-state index >= 15 is 0 Å². The number of hydrogen-bond donors (Lipinski definition) is 1. The first kappa shape index (κ1) is 17.5. The molecule has 3 fully saturated rings. The Balaban J connectivity index is 1.64. The van der Waals surface area contributed by atoms with Crippen LogP contribution in [0.15, 0.2) is 36.5 Å². The number of amides is 1. The van der Waals surface area contributed by atoms with Gasteiger partial charge in [-0.15, -0.1) is 0 Å². The number of pyridine rings is 2. The normalized spacial score (nSPS) is 22.0. The number of rotatable bonds is 4. The van der Waals surface area contributed by atoms with Gasteiger partial charge in [0.05, 0.1) is 18.2 Å². The maximum absolute atomic E-state index is 13.0. The molecule has 140 valence electrons. The summed E-state index contributed by atoms with van der Waals surface area (Å²) in [6, 6.07) is 9.04. The van der Waals surface area contributed by atoms with Crippen molar-refractivity contribution in [3.05, 3.63) is 53.5 Å². The van der Waals surface area contributed by atoms with Crippen molar-refractivity contribution in [2.45, 2.75) is 32.4 Å². The van der Waals surface area contributed by atoms with Crippen LogP contribution in [0.25, 0.3) is 0 Å². The molecule has 7 heteroatoms. The molecule has 7 nitrogen and oxygen atoms in total. The molecule has 3 aliphatic rings. The molecule has 0 aliphatic carbocycles. The third-order valence-corrected chi connectivity index (χ3v) is 5.40. The van der Waals surface area contributed by atoms with Gasteiger partial charge < -0.3 is 14.9 Å². The fourth-order valence-corrected chi connectivity index (χ4v) is 4.04. The van der Waals surface area contributed by atoms with Crippen molar-refractivity contribution >= 4 is 17.7 Å². The second-order valence-corrected chi connectivity index (χ2v) is 7.25. The number of aromatic nitrogens is 2. The summed E-state index contributed by atoms with van der Waals surface area (Å²) in [7, 11) is 0. The van der Waals surface area contributed by atoms with E-state index < -0.39 is 5.97 Å². The highest BCUT2D eigenvalue weighted by molar-refractivity contribution is 5.93. The van der Waals surface area contributed by atoms with Crippen LogP contribution in [0.3, 0.4) is 0 Å². The minimum Gasteiger partial charge on any atom is -0.478 e. The van der Waals surface area contributed by atoms with Crippen molar-refractivity contribution in [3.63, 3.8) is 0 Å². The number of carbonyl (C=O) groups is 2. The lowest BCUT2D eigenvalue weighted by Gasteiger charge is -2.35. The second-order valence-electron chi connectivity index (χ2n) is 7.25. The van der Waals surface area contributed by atoms with E-state index in [0.29, 0.717) is 25.5 Å². The highest BCUT2D eigenvalue weighted by Gasteiger charge is 2.41. The van der Waals surface area contributed by atoms with Gasteiger partial charge in [0, 0.05) is 31.0 Å². The third-order valence-electron chi connectivity index (χ3n) is 5.40. The molecule has 3 saturated heterocycles. The zero-order chi connectivity index (χ0) is 19.0. The molecule has 0 aromatic carbocycles. The average Bonchev–Trinajstić information content (AvgIpc) is 2.95. The molecule has 2 aromatic heterocycles. The van der Waals surface area contributed by atoms with Crippen molar-refractivity contribution in [1.82, 2.24) is 14.9 Å². The molecule has 2 bridgehead atoms. The summed E-state index contributed by atoms with van der Waals surface area (Å²) in [6.45, 7) is 3.43. The van der Waals surface area contributed by atoms with Gasteiger partial charge in [0.25, 0.3) is 0 Å². The van der Waals surface area contributed by atoms with E-state index in [0.717, 1.165) is 24.2 Å². The van der Waals surface area contributed by atoms with Crippen LogP contribution in [0.5, 0.6) is 0 Å². The molecule has 0 unspecified atom stereocenters. The Hall–Kier alpha value is -2.96. The standard InChI is InChI=1S/C20H22N4O3/c1-13-5-8-17(20(26)27)18(22-13)23-10-14-6-7-16(12-23)24(19(14)25)11-15-4-2-3-9-21-15/h2-5,8-9,14,16H,6-7,10-12H2,1H3,(H,26,27)/t14-,16+/m1/s1. The van der Waals surface area contributed by atoms with Crippen LogP contribution in [0.4, 0.5) is 5.82 Å². The molecule has 5 rings (SSSR count). The van der Waals surface area contributed by atoms with Gasteiger partial charge in [-0.05, 0) is 44.0 Å². The minimum atomic E-state index is -0.995. The van der Waals surface area contributed by atoms with Crippen LogP contribution in [0.1, 0.15) is 34.6 Å². The number of fused-ring (bicyclic) bond motifs is 4. The van der Waals surface area contributed by atoms with Crippen LogP contribution < -0.4 is 4.90 Å². The van der Waals surface area contributed by atoms with Crippen molar-refractivity contribution in [2.75, 3.05) is 18.0 Å². The lowest BCUT2D eigenvalue weighted by molar-refractivity contribution is -0.140. The maximum atomic E-state index is 13.0. The fourth-order valence-electron chi connectivity index (χ4n) is 4.04. The highest BCUT2D eigenvalue weighted by atomic mass is 16.4. The Labute approximate surface area is 157 Å². The van der Waals surface area contributed by atoms with Crippen LogP contribution in [0.2, 0.25) is 0 Å². The minimum absolute atomic E-state index is 0.0298. The smallest absolute Gasteiger partial charge is 0.339 e. The molecule has 27 heavy (non-hydrogen) atoms. The van der Waals surface area contributed by atoms with Gasteiger partial charge in [0.15, 0.2) is 0 Å². The van der Waals surface area contributed by atoms with Crippen molar-refractivity contribution in [1.29, 1.82) is 0 Å². The fraction of sp³-hybridized carbons (Fsp3) is 0.400. The molecule has 2 atom stereocenters. The van der Waals surface area contributed by atoms with Gasteiger partial charge in [0.1, 0.15) is 11.4 Å². The number of piperidine rings is 1. The number of nitrogens with zero attached hydrogens (tertiary/aromatic N) is 4. The molecule has 0 spiro atoms. The molecule has 2 aromatic rings. The Bertz CT molecular complexity index is 871. The zero-order valence-electron chi connectivity index (χ0n) is 15.2. The molecule has 1 amide bonds. The first-order valence-corrected chi connectivity index (χ1v) is 9.19. The number of aryl methyl sites for hydroxylation is 1. The Morgan fingerprint density at radius 3 is 2.81 bits per heavy atom. The third kappa shape index (κ3) is 3.37. The Kier molecular flexibility index (Phi) is 4.51. The molecule has 1 N–H and O–H groups in total.